The second-order valence-corrected chi connectivity index (χ2v) is 5.05. The third-order valence-electron chi connectivity index (χ3n) is 3.75. The minimum absolute atomic E-state index is 0.137. The summed E-state index contributed by atoms with van der Waals surface area (Å²) in [6.07, 6.45) is 2.12. The van der Waals surface area contributed by atoms with Gasteiger partial charge in [-0.05, 0) is 49.9 Å². The van der Waals surface area contributed by atoms with E-state index in [-0.39, 0.29) is 11.9 Å². The lowest BCUT2D eigenvalue weighted by Crippen LogP contribution is -2.38. The maximum absolute atomic E-state index is 12.5. The predicted octanol–water partition coefficient (Wildman–Crippen LogP) is 2.55. The fourth-order valence-electron chi connectivity index (χ4n) is 2.51. The van der Waals surface area contributed by atoms with Crippen molar-refractivity contribution in [1.82, 2.24) is 4.90 Å². The Morgan fingerprint density at radius 1 is 1.39 bits per heavy atom. The number of carbonyl (C=O) groups is 1. The number of aryl methyl sites for hydroxylation is 2. The zero-order valence-electron chi connectivity index (χ0n) is 11.4. The van der Waals surface area contributed by atoms with E-state index in [9.17, 15) is 4.79 Å². The van der Waals surface area contributed by atoms with Crippen molar-refractivity contribution in [2.75, 3.05) is 20.3 Å². The van der Waals surface area contributed by atoms with Crippen LogP contribution in [0.2, 0.25) is 0 Å². The van der Waals surface area contributed by atoms with Crippen LogP contribution in [0.4, 0.5) is 0 Å². The molecule has 1 saturated heterocycles. The first-order valence-corrected chi connectivity index (χ1v) is 6.50. The number of benzene rings is 1. The van der Waals surface area contributed by atoms with Gasteiger partial charge in [0, 0.05) is 19.2 Å². The van der Waals surface area contributed by atoms with Crippen LogP contribution in [0.5, 0.6) is 0 Å². The summed E-state index contributed by atoms with van der Waals surface area (Å²) in [6.45, 7) is 5.59. The Hall–Kier alpha value is -1.35. The second kappa shape index (κ2) is 5.53. The van der Waals surface area contributed by atoms with Gasteiger partial charge in [0.25, 0.3) is 5.91 Å². The van der Waals surface area contributed by atoms with Crippen LogP contribution >= 0.6 is 0 Å². The van der Waals surface area contributed by atoms with Gasteiger partial charge in [-0.2, -0.15) is 0 Å². The SMILES string of the molecule is COCC1CCCN1C(=O)c1ccc(C)c(C)c1. The molecule has 1 fully saturated rings. The van der Waals surface area contributed by atoms with Crippen LogP contribution < -0.4 is 0 Å². The molecule has 0 saturated carbocycles. The lowest BCUT2D eigenvalue weighted by atomic mass is 10.1. The lowest BCUT2D eigenvalue weighted by molar-refractivity contribution is 0.0630. The van der Waals surface area contributed by atoms with Gasteiger partial charge in [-0.3, -0.25) is 4.79 Å². The zero-order chi connectivity index (χ0) is 13.1. The molecule has 1 aromatic rings. The maximum atomic E-state index is 12.5. The van der Waals surface area contributed by atoms with E-state index < -0.39 is 0 Å². The van der Waals surface area contributed by atoms with Gasteiger partial charge in [-0.1, -0.05) is 6.07 Å². The Kier molecular flexibility index (Phi) is 4.02. The smallest absolute Gasteiger partial charge is 0.254 e. The van der Waals surface area contributed by atoms with Gasteiger partial charge in [0.05, 0.1) is 12.6 Å². The number of hydrogen-bond donors (Lipinski definition) is 0. The van der Waals surface area contributed by atoms with Crippen molar-refractivity contribution < 1.29 is 9.53 Å². The number of carbonyl (C=O) groups excluding carboxylic acids is 1. The minimum atomic E-state index is 0.137. The number of likely N-dealkylation sites (tertiary alicyclic amines) is 1. The van der Waals surface area contributed by atoms with E-state index in [1.165, 1.54) is 11.1 Å². The van der Waals surface area contributed by atoms with Crippen LogP contribution in [0, 0.1) is 13.8 Å². The van der Waals surface area contributed by atoms with Gasteiger partial charge in [0.2, 0.25) is 0 Å². The molecule has 1 atom stereocenters. The highest BCUT2D eigenvalue weighted by atomic mass is 16.5. The highest BCUT2D eigenvalue weighted by Crippen LogP contribution is 2.21. The summed E-state index contributed by atoms with van der Waals surface area (Å²) in [5, 5.41) is 0. The summed E-state index contributed by atoms with van der Waals surface area (Å²) in [6, 6.07) is 6.17. The van der Waals surface area contributed by atoms with Crippen molar-refractivity contribution in [2.45, 2.75) is 32.7 Å². The molecule has 1 unspecified atom stereocenters. The Bertz CT molecular complexity index is 442. The average molecular weight is 247 g/mol. The molecule has 3 heteroatoms. The van der Waals surface area contributed by atoms with E-state index in [1.54, 1.807) is 7.11 Å². The molecule has 1 aliphatic rings. The fourth-order valence-corrected chi connectivity index (χ4v) is 2.51. The Labute approximate surface area is 109 Å². The first-order chi connectivity index (χ1) is 8.63. The number of rotatable bonds is 3. The number of hydrogen-bond acceptors (Lipinski definition) is 2. The van der Waals surface area contributed by atoms with Gasteiger partial charge in [0.1, 0.15) is 0 Å². The number of amides is 1. The van der Waals surface area contributed by atoms with Crippen molar-refractivity contribution in [2.24, 2.45) is 0 Å². The summed E-state index contributed by atoms with van der Waals surface area (Å²) in [5.41, 5.74) is 3.19. The number of methoxy groups -OCH3 is 1. The van der Waals surface area contributed by atoms with E-state index in [1.807, 2.05) is 30.0 Å². The molecule has 0 aliphatic carbocycles. The number of ether oxygens (including phenoxy) is 1. The second-order valence-electron chi connectivity index (χ2n) is 5.05. The highest BCUT2D eigenvalue weighted by Gasteiger charge is 2.29. The zero-order valence-corrected chi connectivity index (χ0v) is 11.4. The first kappa shape index (κ1) is 13.1. The summed E-state index contributed by atoms with van der Waals surface area (Å²) >= 11 is 0. The predicted molar refractivity (Wildman–Crippen MR) is 71.9 cm³/mol. The van der Waals surface area contributed by atoms with Gasteiger partial charge < -0.3 is 9.64 Å². The quantitative estimate of drug-likeness (QED) is 0.821. The van der Waals surface area contributed by atoms with Gasteiger partial charge in [0.15, 0.2) is 0 Å². The summed E-state index contributed by atoms with van der Waals surface area (Å²) in [7, 11) is 1.69. The van der Waals surface area contributed by atoms with Crippen LogP contribution in [0.15, 0.2) is 18.2 Å². The molecule has 1 aliphatic heterocycles. The monoisotopic (exact) mass is 247 g/mol. The van der Waals surface area contributed by atoms with Crippen molar-refractivity contribution in [3.05, 3.63) is 34.9 Å². The van der Waals surface area contributed by atoms with E-state index in [2.05, 4.69) is 6.92 Å². The molecule has 1 amide bonds. The Balaban J connectivity index is 2.17. The first-order valence-electron chi connectivity index (χ1n) is 6.50. The summed E-state index contributed by atoms with van der Waals surface area (Å²) in [4.78, 5) is 14.4. The third kappa shape index (κ3) is 2.56. The Morgan fingerprint density at radius 2 is 2.17 bits per heavy atom. The van der Waals surface area contributed by atoms with Gasteiger partial charge in [-0.25, -0.2) is 0 Å². The number of nitrogens with zero attached hydrogens (tertiary/aromatic N) is 1. The molecular formula is C15H21NO2. The van der Waals surface area contributed by atoms with E-state index in [4.69, 9.17) is 4.74 Å². The molecule has 1 aromatic carbocycles. The van der Waals surface area contributed by atoms with Crippen molar-refractivity contribution in [1.29, 1.82) is 0 Å². The largest absolute Gasteiger partial charge is 0.383 e. The lowest BCUT2D eigenvalue weighted by Gasteiger charge is -2.24. The molecule has 2 rings (SSSR count). The standard InChI is InChI=1S/C15H21NO2/c1-11-6-7-13(9-12(11)2)15(17)16-8-4-5-14(16)10-18-3/h6-7,9,14H,4-5,8,10H2,1-3H3. The normalized spacial score (nSPS) is 19.3. The van der Waals surface area contributed by atoms with Crippen LogP contribution in [0.25, 0.3) is 0 Å². The van der Waals surface area contributed by atoms with Crippen LogP contribution in [0.3, 0.4) is 0 Å². The molecule has 0 bridgehead atoms. The highest BCUT2D eigenvalue weighted by molar-refractivity contribution is 5.94. The van der Waals surface area contributed by atoms with E-state index in [0.29, 0.717) is 6.61 Å². The van der Waals surface area contributed by atoms with Crippen LogP contribution in [-0.2, 0) is 4.74 Å². The van der Waals surface area contributed by atoms with Crippen molar-refractivity contribution in [3.8, 4) is 0 Å². The Morgan fingerprint density at radius 3 is 2.83 bits per heavy atom. The molecule has 3 nitrogen and oxygen atoms in total. The third-order valence-corrected chi connectivity index (χ3v) is 3.75. The molecular weight excluding hydrogens is 226 g/mol. The van der Waals surface area contributed by atoms with E-state index in [0.717, 1.165) is 24.9 Å². The molecule has 0 N–H and O–H groups in total. The van der Waals surface area contributed by atoms with Gasteiger partial charge >= 0.3 is 0 Å². The van der Waals surface area contributed by atoms with Crippen molar-refractivity contribution in [3.63, 3.8) is 0 Å². The van der Waals surface area contributed by atoms with Gasteiger partial charge in [-0.15, -0.1) is 0 Å². The van der Waals surface area contributed by atoms with Crippen LogP contribution in [0.1, 0.15) is 34.3 Å². The fraction of sp³-hybridized carbons (Fsp3) is 0.533. The van der Waals surface area contributed by atoms with Crippen molar-refractivity contribution >= 4 is 5.91 Å². The molecule has 0 radical (unpaired) electrons. The summed E-state index contributed by atoms with van der Waals surface area (Å²) < 4.78 is 5.19. The molecule has 0 aromatic heterocycles. The molecule has 1 heterocycles. The molecule has 98 valence electrons. The summed E-state index contributed by atoms with van der Waals surface area (Å²) in [5.74, 6) is 0.137. The average Bonchev–Trinajstić information content (AvgIpc) is 2.80. The maximum Gasteiger partial charge on any atom is 0.254 e. The van der Waals surface area contributed by atoms with Crippen LogP contribution in [-0.4, -0.2) is 37.1 Å². The topological polar surface area (TPSA) is 29.5 Å². The van der Waals surface area contributed by atoms with E-state index >= 15 is 0 Å². The molecule has 18 heavy (non-hydrogen) atoms. The minimum Gasteiger partial charge on any atom is -0.383 e. The molecule has 0 spiro atoms.